The van der Waals surface area contributed by atoms with Gasteiger partial charge in [-0.25, -0.2) is 8.42 Å². The Balaban J connectivity index is 3.40. The molecule has 1 heterocycles. The smallest absolute Gasteiger partial charge is 0.260 e. The summed E-state index contributed by atoms with van der Waals surface area (Å²) in [6.07, 6.45) is 1.23. The summed E-state index contributed by atoms with van der Waals surface area (Å²) in [6, 6.07) is 2.02. The Bertz CT molecular complexity index is 438. The average Bonchev–Trinajstić information content (AvgIpc) is 2.02. The molecule has 14 heavy (non-hydrogen) atoms. The Kier molecular flexibility index (Phi) is 2.53. The minimum atomic E-state index is -5.28. The molecule has 78 valence electrons. The maximum atomic E-state index is 12.1. The fourth-order valence-corrected chi connectivity index (χ4v) is 1.83. The quantitative estimate of drug-likeness (QED) is 0.730. The van der Waals surface area contributed by atoms with E-state index in [2.05, 4.69) is 4.98 Å². The minimum absolute atomic E-state index is 0.162. The van der Waals surface area contributed by atoms with Gasteiger partial charge >= 0.3 is 5.51 Å². The van der Waals surface area contributed by atoms with Gasteiger partial charge in [-0.15, -0.1) is 0 Å². The highest BCUT2D eigenvalue weighted by Gasteiger charge is 2.47. The van der Waals surface area contributed by atoms with Crippen LogP contribution in [0.3, 0.4) is 0 Å². The average molecular weight is 225 g/mol. The zero-order valence-corrected chi connectivity index (χ0v) is 7.85. The van der Waals surface area contributed by atoms with Gasteiger partial charge in [0.2, 0.25) is 0 Å². The van der Waals surface area contributed by atoms with E-state index in [1.54, 1.807) is 0 Å². The number of rotatable bonds is 1. The molecular formula is C7H6F3NO2S. The molecule has 0 amide bonds. The lowest BCUT2D eigenvalue weighted by Gasteiger charge is -2.08. The summed E-state index contributed by atoms with van der Waals surface area (Å²) >= 11 is 0. The van der Waals surface area contributed by atoms with E-state index in [0.29, 0.717) is 0 Å². The summed E-state index contributed by atoms with van der Waals surface area (Å²) < 4.78 is 58.1. The van der Waals surface area contributed by atoms with E-state index < -0.39 is 20.2 Å². The van der Waals surface area contributed by atoms with Gasteiger partial charge < -0.3 is 0 Å². The van der Waals surface area contributed by atoms with Gasteiger partial charge in [0.25, 0.3) is 9.84 Å². The molecule has 0 saturated heterocycles. The molecule has 0 aliphatic carbocycles. The Morgan fingerprint density at radius 2 is 1.93 bits per heavy atom. The summed E-state index contributed by atoms with van der Waals surface area (Å²) in [7, 11) is -5.27. The van der Waals surface area contributed by atoms with Gasteiger partial charge in [-0.1, -0.05) is 0 Å². The number of hydrogen-bond donors (Lipinski definition) is 0. The van der Waals surface area contributed by atoms with Crippen molar-refractivity contribution < 1.29 is 21.6 Å². The maximum absolute atomic E-state index is 12.1. The van der Waals surface area contributed by atoms with E-state index >= 15 is 0 Å². The van der Waals surface area contributed by atoms with E-state index in [1.165, 1.54) is 13.1 Å². The van der Waals surface area contributed by atoms with E-state index in [4.69, 9.17) is 0 Å². The third-order valence-electron chi connectivity index (χ3n) is 1.55. The van der Waals surface area contributed by atoms with E-state index in [1.807, 2.05) is 0 Å². The summed E-state index contributed by atoms with van der Waals surface area (Å²) in [5.74, 6) is 0. The number of sulfone groups is 1. The van der Waals surface area contributed by atoms with Crippen LogP contribution in [0, 0.1) is 6.92 Å². The molecule has 0 unspecified atom stereocenters. The summed E-state index contributed by atoms with van der Waals surface area (Å²) in [4.78, 5) is 2.68. The number of aromatic nitrogens is 1. The normalized spacial score (nSPS) is 12.9. The van der Waals surface area contributed by atoms with Crippen LogP contribution in [0.1, 0.15) is 5.69 Å². The minimum Gasteiger partial charge on any atom is -0.260 e. The van der Waals surface area contributed by atoms with Crippen LogP contribution in [0.4, 0.5) is 13.2 Å². The van der Waals surface area contributed by atoms with Crippen molar-refractivity contribution in [3.63, 3.8) is 0 Å². The van der Waals surface area contributed by atoms with Crippen LogP contribution in [0.5, 0.6) is 0 Å². The van der Waals surface area contributed by atoms with Gasteiger partial charge in [0.15, 0.2) is 0 Å². The molecule has 3 nitrogen and oxygen atoms in total. The van der Waals surface area contributed by atoms with Gasteiger partial charge in [0.05, 0.1) is 10.6 Å². The SMILES string of the molecule is Cc1ncccc1S(=O)(=O)C(F)(F)F. The standard InChI is InChI=1S/C7H6F3NO2S/c1-5-6(3-2-4-11-5)14(12,13)7(8,9)10/h2-4H,1H3. The van der Waals surface area contributed by atoms with Crippen molar-refractivity contribution in [1.82, 2.24) is 4.98 Å². The van der Waals surface area contributed by atoms with Gasteiger partial charge in [-0.05, 0) is 19.1 Å². The molecule has 0 atom stereocenters. The third kappa shape index (κ3) is 1.72. The molecule has 0 radical (unpaired) electrons. The monoisotopic (exact) mass is 225 g/mol. The molecule has 1 rings (SSSR count). The summed E-state index contributed by atoms with van der Waals surface area (Å²) in [5.41, 5.74) is -5.44. The maximum Gasteiger partial charge on any atom is 0.501 e. The number of aryl methyl sites for hydroxylation is 1. The highest BCUT2D eigenvalue weighted by atomic mass is 32.2. The van der Waals surface area contributed by atoms with Crippen molar-refractivity contribution >= 4 is 9.84 Å². The number of nitrogens with zero attached hydrogens (tertiary/aromatic N) is 1. The van der Waals surface area contributed by atoms with Crippen LogP contribution in [0.15, 0.2) is 23.2 Å². The first-order valence-electron chi connectivity index (χ1n) is 3.50. The molecule has 0 aromatic carbocycles. The topological polar surface area (TPSA) is 47.0 Å². The van der Waals surface area contributed by atoms with Gasteiger partial charge in [0, 0.05) is 6.20 Å². The predicted octanol–water partition coefficient (Wildman–Crippen LogP) is 1.68. The highest BCUT2D eigenvalue weighted by Crippen LogP contribution is 2.30. The second-order valence-electron chi connectivity index (χ2n) is 2.54. The van der Waals surface area contributed by atoms with Crippen molar-refractivity contribution in [3.05, 3.63) is 24.0 Å². The number of hydrogen-bond acceptors (Lipinski definition) is 3. The molecule has 0 spiro atoms. The lowest BCUT2D eigenvalue weighted by Crippen LogP contribution is -2.24. The summed E-state index contributed by atoms with van der Waals surface area (Å²) in [6.45, 7) is 1.21. The van der Waals surface area contributed by atoms with Crippen LogP contribution < -0.4 is 0 Å². The Labute approximate surface area is 78.5 Å². The number of pyridine rings is 1. The Morgan fingerprint density at radius 1 is 1.36 bits per heavy atom. The lowest BCUT2D eigenvalue weighted by molar-refractivity contribution is -0.0436. The molecule has 1 aromatic heterocycles. The molecule has 0 fully saturated rings. The molecule has 7 heteroatoms. The zero-order valence-electron chi connectivity index (χ0n) is 7.04. The van der Waals surface area contributed by atoms with Crippen LogP contribution in [-0.4, -0.2) is 18.9 Å². The van der Waals surface area contributed by atoms with Crippen LogP contribution >= 0.6 is 0 Å². The first-order chi connectivity index (χ1) is 6.27. The van der Waals surface area contributed by atoms with Gasteiger partial charge in [-0.2, -0.15) is 13.2 Å². The van der Waals surface area contributed by atoms with Crippen molar-refractivity contribution in [2.75, 3.05) is 0 Å². The van der Waals surface area contributed by atoms with Crippen molar-refractivity contribution in [3.8, 4) is 0 Å². The lowest BCUT2D eigenvalue weighted by atomic mass is 10.4. The van der Waals surface area contributed by atoms with Crippen molar-refractivity contribution in [1.29, 1.82) is 0 Å². The van der Waals surface area contributed by atoms with Crippen LogP contribution in [0.25, 0.3) is 0 Å². The van der Waals surface area contributed by atoms with Gasteiger partial charge in [0.1, 0.15) is 0 Å². The van der Waals surface area contributed by atoms with Gasteiger partial charge in [-0.3, -0.25) is 4.98 Å². The third-order valence-corrected chi connectivity index (χ3v) is 3.17. The molecule has 0 aliphatic heterocycles. The molecular weight excluding hydrogens is 219 g/mol. The molecule has 0 saturated carbocycles. The predicted molar refractivity (Wildman–Crippen MR) is 42.2 cm³/mol. The van der Waals surface area contributed by atoms with Crippen molar-refractivity contribution in [2.45, 2.75) is 17.3 Å². The fourth-order valence-electron chi connectivity index (χ4n) is 0.878. The first kappa shape index (κ1) is 11.0. The molecule has 0 aliphatic rings. The zero-order chi connectivity index (χ0) is 11.0. The summed E-state index contributed by atoms with van der Waals surface area (Å²) in [5, 5.41) is 0. The fraction of sp³-hybridized carbons (Fsp3) is 0.286. The Morgan fingerprint density at radius 3 is 2.36 bits per heavy atom. The molecule has 0 N–H and O–H groups in total. The van der Waals surface area contributed by atoms with Crippen LogP contribution in [0.2, 0.25) is 0 Å². The largest absolute Gasteiger partial charge is 0.501 e. The number of alkyl halides is 3. The first-order valence-corrected chi connectivity index (χ1v) is 4.98. The second kappa shape index (κ2) is 3.23. The van der Waals surface area contributed by atoms with E-state index in [0.717, 1.165) is 12.1 Å². The van der Waals surface area contributed by atoms with Crippen LogP contribution in [-0.2, 0) is 9.84 Å². The molecule has 0 bridgehead atoms. The molecule has 1 aromatic rings. The number of halogens is 3. The Hall–Kier alpha value is -1.11. The second-order valence-corrected chi connectivity index (χ2v) is 4.45. The highest BCUT2D eigenvalue weighted by molar-refractivity contribution is 7.92. The van der Waals surface area contributed by atoms with Crippen molar-refractivity contribution in [2.24, 2.45) is 0 Å². The van der Waals surface area contributed by atoms with E-state index in [9.17, 15) is 21.6 Å². The van der Waals surface area contributed by atoms with E-state index in [-0.39, 0.29) is 5.69 Å².